The van der Waals surface area contributed by atoms with E-state index >= 15 is 0 Å². The predicted molar refractivity (Wildman–Crippen MR) is 66.7 cm³/mol. The standard InChI is InChI=1S/C12H21NO2S/c1-8(2)13-6-4-11(12(13)14)16-10-5-7-15-9(10)3/h8-11H,4-7H2,1-3H3/t9-,10+,11+/m0/s1. The maximum atomic E-state index is 12.1. The summed E-state index contributed by atoms with van der Waals surface area (Å²) in [6, 6.07) is 0.343. The summed E-state index contributed by atoms with van der Waals surface area (Å²) in [5.41, 5.74) is 0. The van der Waals surface area contributed by atoms with Crippen LogP contribution in [0.5, 0.6) is 0 Å². The van der Waals surface area contributed by atoms with Gasteiger partial charge in [-0.1, -0.05) is 0 Å². The smallest absolute Gasteiger partial charge is 0.235 e. The molecular weight excluding hydrogens is 222 g/mol. The number of carbonyl (C=O) groups excluding carboxylic acids is 1. The monoisotopic (exact) mass is 243 g/mol. The van der Waals surface area contributed by atoms with Gasteiger partial charge < -0.3 is 9.64 Å². The first-order valence-corrected chi connectivity index (χ1v) is 7.11. The molecule has 0 radical (unpaired) electrons. The molecular formula is C12H21NO2S. The molecule has 16 heavy (non-hydrogen) atoms. The number of thioether (sulfide) groups is 1. The third kappa shape index (κ3) is 2.38. The van der Waals surface area contributed by atoms with Crippen molar-refractivity contribution < 1.29 is 9.53 Å². The van der Waals surface area contributed by atoms with E-state index in [0.717, 1.165) is 26.0 Å². The van der Waals surface area contributed by atoms with Crippen molar-refractivity contribution >= 4 is 17.7 Å². The van der Waals surface area contributed by atoms with Gasteiger partial charge in [-0.15, -0.1) is 11.8 Å². The summed E-state index contributed by atoms with van der Waals surface area (Å²) in [7, 11) is 0. The maximum absolute atomic E-state index is 12.1. The van der Waals surface area contributed by atoms with Crippen LogP contribution in [0.2, 0.25) is 0 Å². The summed E-state index contributed by atoms with van der Waals surface area (Å²) in [6.45, 7) is 8.08. The number of carbonyl (C=O) groups is 1. The first-order valence-electron chi connectivity index (χ1n) is 6.17. The van der Waals surface area contributed by atoms with Crippen LogP contribution in [-0.4, -0.2) is 46.6 Å². The largest absolute Gasteiger partial charge is 0.377 e. The maximum Gasteiger partial charge on any atom is 0.235 e. The normalized spacial score (nSPS) is 35.4. The van der Waals surface area contributed by atoms with Crippen molar-refractivity contribution in [1.82, 2.24) is 4.90 Å². The minimum absolute atomic E-state index is 0.177. The molecule has 0 aromatic heterocycles. The van der Waals surface area contributed by atoms with Gasteiger partial charge in [0.25, 0.3) is 0 Å². The Labute approximate surface area is 102 Å². The SMILES string of the molecule is CC(C)N1CC[C@@H](S[C@@H]2CCO[C@H]2C)C1=O. The number of hydrogen-bond acceptors (Lipinski definition) is 3. The summed E-state index contributed by atoms with van der Waals surface area (Å²) < 4.78 is 5.54. The van der Waals surface area contributed by atoms with Crippen LogP contribution in [-0.2, 0) is 9.53 Å². The highest BCUT2D eigenvalue weighted by molar-refractivity contribution is 8.01. The van der Waals surface area contributed by atoms with E-state index in [9.17, 15) is 4.79 Å². The average Bonchev–Trinajstić information content (AvgIpc) is 2.76. The molecule has 2 heterocycles. The molecule has 2 saturated heterocycles. The Morgan fingerprint density at radius 3 is 2.69 bits per heavy atom. The fourth-order valence-corrected chi connectivity index (χ4v) is 3.86. The molecule has 0 spiro atoms. The summed E-state index contributed by atoms with van der Waals surface area (Å²) in [5, 5.41) is 0.692. The lowest BCUT2D eigenvalue weighted by Crippen LogP contribution is -2.35. The van der Waals surface area contributed by atoms with E-state index in [1.807, 2.05) is 16.7 Å². The van der Waals surface area contributed by atoms with Gasteiger partial charge in [0, 0.05) is 24.4 Å². The summed E-state index contributed by atoms with van der Waals surface area (Å²) >= 11 is 1.84. The molecule has 4 heteroatoms. The third-order valence-corrected chi connectivity index (χ3v) is 5.19. The molecule has 92 valence electrons. The van der Waals surface area contributed by atoms with E-state index in [0.29, 0.717) is 23.3 Å². The van der Waals surface area contributed by atoms with E-state index in [1.165, 1.54) is 0 Å². The van der Waals surface area contributed by atoms with Gasteiger partial charge in [-0.25, -0.2) is 0 Å². The van der Waals surface area contributed by atoms with Gasteiger partial charge in [-0.2, -0.15) is 0 Å². The van der Waals surface area contributed by atoms with Gasteiger partial charge >= 0.3 is 0 Å². The second-order valence-corrected chi connectivity index (χ2v) is 6.39. The molecule has 0 saturated carbocycles. The minimum atomic E-state index is 0.177. The fraction of sp³-hybridized carbons (Fsp3) is 0.917. The van der Waals surface area contributed by atoms with Gasteiger partial charge in [0.1, 0.15) is 0 Å². The lowest BCUT2D eigenvalue weighted by atomic mass is 10.3. The zero-order valence-corrected chi connectivity index (χ0v) is 11.1. The zero-order chi connectivity index (χ0) is 11.7. The first kappa shape index (κ1) is 12.2. The fourth-order valence-electron chi connectivity index (χ4n) is 2.42. The molecule has 3 nitrogen and oxygen atoms in total. The van der Waals surface area contributed by atoms with Crippen LogP contribution >= 0.6 is 11.8 Å². The van der Waals surface area contributed by atoms with Gasteiger partial charge in [0.15, 0.2) is 0 Å². The first-order chi connectivity index (χ1) is 7.59. The lowest BCUT2D eigenvalue weighted by molar-refractivity contribution is -0.128. The van der Waals surface area contributed by atoms with Gasteiger partial charge in [0.05, 0.1) is 11.4 Å². The predicted octanol–water partition coefficient (Wildman–Crippen LogP) is 1.91. The number of hydrogen-bond donors (Lipinski definition) is 0. The Morgan fingerprint density at radius 1 is 1.44 bits per heavy atom. The zero-order valence-electron chi connectivity index (χ0n) is 10.3. The van der Waals surface area contributed by atoms with Crippen LogP contribution in [0.1, 0.15) is 33.6 Å². The topological polar surface area (TPSA) is 29.5 Å². The second-order valence-electron chi connectivity index (χ2n) is 4.94. The molecule has 0 bridgehead atoms. The van der Waals surface area contributed by atoms with E-state index in [2.05, 4.69) is 20.8 Å². The molecule has 3 atom stereocenters. The highest BCUT2D eigenvalue weighted by Gasteiger charge is 2.37. The molecule has 2 aliphatic heterocycles. The van der Waals surface area contributed by atoms with Crippen LogP contribution in [0.3, 0.4) is 0 Å². The summed E-state index contributed by atoms with van der Waals surface area (Å²) in [5.74, 6) is 0.333. The van der Waals surface area contributed by atoms with Crippen LogP contribution in [0.25, 0.3) is 0 Å². The molecule has 2 fully saturated rings. The summed E-state index contributed by atoms with van der Waals surface area (Å²) in [6.07, 6.45) is 2.41. The second kappa shape index (κ2) is 4.96. The number of nitrogens with zero attached hydrogens (tertiary/aromatic N) is 1. The minimum Gasteiger partial charge on any atom is -0.377 e. The average molecular weight is 243 g/mol. The highest BCUT2D eigenvalue weighted by atomic mass is 32.2. The van der Waals surface area contributed by atoms with Gasteiger partial charge in [-0.3, -0.25) is 4.79 Å². The Hall–Kier alpha value is -0.220. The van der Waals surface area contributed by atoms with Crippen molar-refractivity contribution in [3.05, 3.63) is 0 Å². The molecule has 2 rings (SSSR count). The third-order valence-electron chi connectivity index (χ3n) is 3.46. The van der Waals surface area contributed by atoms with Crippen LogP contribution in [0.4, 0.5) is 0 Å². The van der Waals surface area contributed by atoms with Crippen molar-refractivity contribution in [2.45, 2.75) is 56.3 Å². The van der Waals surface area contributed by atoms with Crippen molar-refractivity contribution in [3.63, 3.8) is 0 Å². The van der Waals surface area contributed by atoms with Crippen LogP contribution in [0, 0.1) is 0 Å². The molecule has 0 aromatic carbocycles. The Morgan fingerprint density at radius 2 is 2.19 bits per heavy atom. The molecule has 1 amide bonds. The number of likely N-dealkylation sites (tertiary alicyclic amines) is 1. The number of rotatable bonds is 3. The van der Waals surface area contributed by atoms with Crippen LogP contribution in [0.15, 0.2) is 0 Å². The van der Waals surface area contributed by atoms with E-state index < -0.39 is 0 Å². The lowest BCUT2D eigenvalue weighted by Gasteiger charge is -2.22. The van der Waals surface area contributed by atoms with E-state index in [4.69, 9.17) is 4.74 Å². The number of amides is 1. The number of ether oxygens (including phenoxy) is 1. The molecule has 0 aliphatic carbocycles. The molecule has 0 N–H and O–H groups in total. The summed E-state index contributed by atoms with van der Waals surface area (Å²) in [4.78, 5) is 14.1. The molecule has 0 aromatic rings. The Bertz CT molecular complexity index is 270. The molecule has 0 unspecified atom stereocenters. The van der Waals surface area contributed by atoms with Crippen molar-refractivity contribution in [1.29, 1.82) is 0 Å². The Balaban J connectivity index is 1.89. The van der Waals surface area contributed by atoms with Gasteiger partial charge in [0.2, 0.25) is 5.91 Å². The van der Waals surface area contributed by atoms with Crippen molar-refractivity contribution in [2.24, 2.45) is 0 Å². The van der Waals surface area contributed by atoms with E-state index in [-0.39, 0.29) is 5.25 Å². The quantitative estimate of drug-likeness (QED) is 0.758. The van der Waals surface area contributed by atoms with E-state index in [1.54, 1.807) is 0 Å². The van der Waals surface area contributed by atoms with Crippen LogP contribution < -0.4 is 0 Å². The van der Waals surface area contributed by atoms with Crippen molar-refractivity contribution in [2.75, 3.05) is 13.2 Å². The van der Waals surface area contributed by atoms with Crippen molar-refractivity contribution in [3.8, 4) is 0 Å². The Kier molecular flexibility index (Phi) is 3.80. The molecule has 2 aliphatic rings. The van der Waals surface area contributed by atoms with Gasteiger partial charge in [-0.05, 0) is 33.6 Å². The highest BCUT2D eigenvalue weighted by Crippen LogP contribution is 2.34.